The highest BCUT2D eigenvalue weighted by Gasteiger charge is 2.21. The molecular formula is C17H22ClN3O5. The van der Waals surface area contributed by atoms with Gasteiger partial charge in [0.25, 0.3) is 11.8 Å². The minimum atomic E-state index is -1.00. The van der Waals surface area contributed by atoms with E-state index >= 15 is 0 Å². The van der Waals surface area contributed by atoms with Crippen molar-refractivity contribution in [2.45, 2.75) is 39.3 Å². The Morgan fingerprint density at radius 2 is 1.77 bits per heavy atom. The molecule has 0 bridgehead atoms. The van der Waals surface area contributed by atoms with E-state index < -0.39 is 42.0 Å². The molecule has 0 saturated heterocycles. The third-order valence-electron chi connectivity index (χ3n) is 2.91. The molecule has 1 aromatic rings. The van der Waals surface area contributed by atoms with E-state index in [1.54, 1.807) is 39.0 Å². The Balaban J connectivity index is 2.45. The first-order valence-corrected chi connectivity index (χ1v) is 8.21. The van der Waals surface area contributed by atoms with Crippen LogP contribution in [0.15, 0.2) is 24.3 Å². The number of hydrogen-bond donors (Lipinski definition) is 3. The van der Waals surface area contributed by atoms with Crippen molar-refractivity contribution in [3.8, 4) is 0 Å². The molecule has 142 valence electrons. The van der Waals surface area contributed by atoms with Gasteiger partial charge in [0.1, 0.15) is 6.04 Å². The predicted molar refractivity (Wildman–Crippen MR) is 95.8 cm³/mol. The van der Waals surface area contributed by atoms with Gasteiger partial charge in [-0.15, -0.1) is 0 Å². The largest absolute Gasteiger partial charge is 0.454 e. The van der Waals surface area contributed by atoms with Gasteiger partial charge >= 0.3 is 12.0 Å². The summed E-state index contributed by atoms with van der Waals surface area (Å²) in [6, 6.07) is 4.67. The van der Waals surface area contributed by atoms with E-state index in [2.05, 4.69) is 10.6 Å². The number of carbonyl (C=O) groups is 4. The Labute approximate surface area is 156 Å². The fourth-order valence-electron chi connectivity index (χ4n) is 1.77. The lowest BCUT2D eigenvalue weighted by atomic mass is 10.1. The summed E-state index contributed by atoms with van der Waals surface area (Å²) in [6.45, 7) is 6.01. The molecule has 9 heteroatoms. The van der Waals surface area contributed by atoms with Crippen LogP contribution in [0.4, 0.5) is 4.79 Å². The maximum absolute atomic E-state index is 12.1. The zero-order valence-electron chi connectivity index (χ0n) is 15.0. The van der Waals surface area contributed by atoms with Gasteiger partial charge in [0.2, 0.25) is 0 Å². The molecule has 0 aliphatic rings. The summed E-state index contributed by atoms with van der Waals surface area (Å²) < 4.78 is 4.78. The van der Waals surface area contributed by atoms with E-state index in [1.165, 1.54) is 13.0 Å². The van der Waals surface area contributed by atoms with E-state index in [0.29, 0.717) is 0 Å². The van der Waals surface area contributed by atoms with Crippen molar-refractivity contribution in [1.82, 2.24) is 16.0 Å². The molecule has 0 aliphatic heterocycles. The summed E-state index contributed by atoms with van der Waals surface area (Å²) >= 11 is 5.91. The van der Waals surface area contributed by atoms with Crippen LogP contribution in [0.2, 0.25) is 5.02 Å². The number of hydrogen-bond acceptors (Lipinski definition) is 5. The van der Waals surface area contributed by atoms with Crippen LogP contribution in [0.25, 0.3) is 0 Å². The average Bonchev–Trinajstić information content (AvgIpc) is 2.50. The molecule has 0 saturated carbocycles. The van der Waals surface area contributed by atoms with Crippen LogP contribution in [0, 0.1) is 0 Å². The highest BCUT2D eigenvalue weighted by molar-refractivity contribution is 6.33. The van der Waals surface area contributed by atoms with Crippen LogP contribution < -0.4 is 16.0 Å². The zero-order chi connectivity index (χ0) is 19.9. The second kappa shape index (κ2) is 9.19. The topological polar surface area (TPSA) is 114 Å². The van der Waals surface area contributed by atoms with Gasteiger partial charge in [0.05, 0.1) is 10.6 Å². The molecule has 26 heavy (non-hydrogen) atoms. The molecule has 1 rings (SSSR count). The lowest BCUT2D eigenvalue weighted by molar-refractivity contribution is -0.149. The number of nitrogens with one attached hydrogen (secondary N) is 3. The summed E-state index contributed by atoms with van der Waals surface area (Å²) in [5, 5.41) is 7.23. The van der Waals surface area contributed by atoms with Crippen molar-refractivity contribution in [1.29, 1.82) is 0 Å². The molecule has 0 heterocycles. The number of ether oxygens (including phenoxy) is 1. The third-order valence-corrected chi connectivity index (χ3v) is 3.24. The van der Waals surface area contributed by atoms with Crippen molar-refractivity contribution in [3.05, 3.63) is 34.9 Å². The van der Waals surface area contributed by atoms with Crippen LogP contribution in [0.3, 0.4) is 0 Å². The van der Waals surface area contributed by atoms with Gasteiger partial charge in [0.15, 0.2) is 6.61 Å². The molecule has 0 unspecified atom stereocenters. The first-order valence-electron chi connectivity index (χ1n) is 7.83. The Hall–Kier alpha value is -2.61. The van der Waals surface area contributed by atoms with E-state index in [1.807, 2.05) is 5.32 Å². The van der Waals surface area contributed by atoms with Crippen molar-refractivity contribution in [3.63, 3.8) is 0 Å². The number of amides is 4. The smallest absolute Gasteiger partial charge is 0.328 e. The number of esters is 1. The van der Waals surface area contributed by atoms with Crippen molar-refractivity contribution in [2.75, 3.05) is 6.61 Å². The molecule has 0 spiro atoms. The Morgan fingerprint density at radius 3 is 2.35 bits per heavy atom. The van der Waals surface area contributed by atoms with Crippen LogP contribution in [-0.4, -0.2) is 42.0 Å². The summed E-state index contributed by atoms with van der Waals surface area (Å²) in [4.78, 5) is 47.1. The molecule has 4 amide bonds. The van der Waals surface area contributed by atoms with E-state index in [-0.39, 0.29) is 10.6 Å². The Kier molecular flexibility index (Phi) is 7.57. The van der Waals surface area contributed by atoms with Crippen LogP contribution in [0.5, 0.6) is 0 Å². The number of carbonyl (C=O) groups excluding carboxylic acids is 4. The van der Waals surface area contributed by atoms with Crippen LogP contribution >= 0.6 is 11.6 Å². The average molecular weight is 384 g/mol. The standard InChI is InChI=1S/C17H22ClN3O5/c1-10(19-14(23)11-7-5-6-8-12(11)18)15(24)26-9-13(22)20-16(25)21-17(2,3)4/h5-8,10H,9H2,1-4H3,(H,19,23)(H2,20,21,22,25)/t10-/m1/s1. The van der Waals surface area contributed by atoms with Crippen LogP contribution in [-0.2, 0) is 14.3 Å². The molecule has 3 N–H and O–H groups in total. The Morgan fingerprint density at radius 1 is 1.15 bits per heavy atom. The Bertz CT molecular complexity index is 700. The van der Waals surface area contributed by atoms with Gasteiger partial charge in [-0.25, -0.2) is 9.59 Å². The molecule has 1 aromatic carbocycles. The third kappa shape index (κ3) is 7.52. The molecule has 1 atom stereocenters. The number of rotatable bonds is 5. The van der Waals surface area contributed by atoms with Gasteiger partial charge < -0.3 is 15.4 Å². The highest BCUT2D eigenvalue weighted by atomic mass is 35.5. The van der Waals surface area contributed by atoms with E-state index in [9.17, 15) is 19.2 Å². The van der Waals surface area contributed by atoms with E-state index in [0.717, 1.165) is 0 Å². The molecular weight excluding hydrogens is 362 g/mol. The van der Waals surface area contributed by atoms with Crippen molar-refractivity contribution < 1.29 is 23.9 Å². The quantitative estimate of drug-likeness (QED) is 0.668. The van der Waals surface area contributed by atoms with Gasteiger partial charge in [-0.05, 0) is 39.8 Å². The molecule has 0 radical (unpaired) electrons. The summed E-state index contributed by atoms with van der Waals surface area (Å²) in [5.74, 6) is -2.16. The highest BCUT2D eigenvalue weighted by Crippen LogP contribution is 2.14. The number of benzene rings is 1. The van der Waals surface area contributed by atoms with E-state index in [4.69, 9.17) is 16.3 Å². The fraction of sp³-hybridized carbons (Fsp3) is 0.412. The SMILES string of the molecule is C[C@@H](NC(=O)c1ccccc1Cl)C(=O)OCC(=O)NC(=O)NC(C)(C)C. The van der Waals surface area contributed by atoms with Crippen LogP contribution in [0.1, 0.15) is 38.1 Å². The lowest BCUT2D eigenvalue weighted by Gasteiger charge is -2.20. The lowest BCUT2D eigenvalue weighted by Crippen LogP contribution is -2.49. The molecule has 0 aliphatic carbocycles. The van der Waals surface area contributed by atoms with Crippen molar-refractivity contribution in [2.24, 2.45) is 0 Å². The number of halogens is 1. The molecule has 0 aromatic heterocycles. The molecule has 0 fully saturated rings. The van der Waals surface area contributed by atoms with Gasteiger partial charge in [-0.1, -0.05) is 23.7 Å². The first-order chi connectivity index (χ1) is 12.0. The summed E-state index contributed by atoms with van der Waals surface area (Å²) in [6.07, 6.45) is 0. The minimum absolute atomic E-state index is 0.213. The van der Waals surface area contributed by atoms with Crippen molar-refractivity contribution >= 4 is 35.4 Å². The zero-order valence-corrected chi connectivity index (χ0v) is 15.8. The van der Waals surface area contributed by atoms with Gasteiger partial charge in [-0.2, -0.15) is 0 Å². The number of urea groups is 1. The minimum Gasteiger partial charge on any atom is -0.454 e. The maximum Gasteiger partial charge on any atom is 0.328 e. The van der Waals surface area contributed by atoms with Gasteiger partial charge in [0, 0.05) is 5.54 Å². The normalized spacial score (nSPS) is 11.9. The molecule has 8 nitrogen and oxygen atoms in total. The number of imide groups is 1. The monoisotopic (exact) mass is 383 g/mol. The first kappa shape index (κ1) is 21.4. The summed E-state index contributed by atoms with van der Waals surface area (Å²) in [7, 11) is 0. The second-order valence-electron chi connectivity index (χ2n) is 6.54. The summed E-state index contributed by atoms with van der Waals surface area (Å²) in [5.41, 5.74) is -0.302. The maximum atomic E-state index is 12.1. The fourth-order valence-corrected chi connectivity index (χ4v) is 2.00. The second-order valence-corrected chi connectivity index (χ2v) is 6.94. The predicted octanol–water partition coefficient (Wildman–Crippen LogP) is 1.63. The van der Waals surface area contributed by atoms with Gasteiger partial charge in [-0.3, -0.25) is 14.9 Å².